The van der Waals surface area contributed by atoms with E-state index in [9.17, 15) is 20.1 Å². The molecule has 0 bridgehead atoms. The Morgan fingerprint density at radius 2 is 1.89 bits per heavy atom. The number of rotatable bonds is 16. The number of nitrogens with zero attached hydrogens (tertiary/aromatic N) is 1. The Balaban J connectivity index is 2.17. The van der Waals surface area contributed by atoms with Crippen molar-refractivity contribution in [3.8, 4) is 0 Å². The molecule has 0 spiro atoms. The third-order valence-corrected chi connectivity index (χ3v) is 11.0. The normalized spacial score (nSPS) is 30.5. The number of hydrogen-bond acceptors (Lipinski definition) is 9. The molecule has 0 aliphatic carbocycles. The molecule has 255 valence electrons. The van der Waals surface area contributed by atoms with Crippen molar-refractivity contribution < 1.29 is 56.0 Å². The molecule has 44 heavy (non-hydrogen) atoms. The third-order valence-electron chi connectivity index (χ3n) is 9.52. The molecule has 2 heterocycles. The van der Waals surface area contributed by atoms with Gasteiger partial charge in [0.15, 0.2) is 6.29 Å². The molecule has 5 unspecified atom stereocenters. The molecule has 1 saturated heterocycles. The predicted octanol–water partition coefficient (Wildman–Crippen LogP) is 4.18. The van der Waals surface area contributed by atoms with Gasteiger partial charge in [0, 0.05) is 6.04 Å². The summed E-state index contributed by atoms with van der Waals surface area (Å²) in [5.41, 5.74) is -1.07. The van der Waals surface area contributed by atoms with Gasteiger partial charge in [0.05, 0.1) is 19.3 Å². The number of carbonyl (C=O) groups excluding carboxylic acids is 1. The van der Waals surface area contributed by atoms with E-state index in [1.165, 1.54) is 4.23 Å². The Labute approximate surface area is 275 Å². The van der Waals surface area contributed by atoms with Crippen molar-refractivity contribution in [2.24, 2.45) is 17.8 Å². The summed E-state index contributed by atoms with van der Waals surface area (Å²) in [6.07, 6.45) is 3.10. The van der Waals surface area contributed by atoms with Crippen LogP contribution in [0.15, 0.2) is 11.6 Å². The summed E-state index contributed by atoms with van der Waals surface area (Å²) in [4.78, 5) is 15.4. The van der Waals surface area contributed by atoms with Crippen molar-refractivity contribution in [1.82, 2.24) is 4.90 Å². The van der Waals surface area contributed by atoms with Crippen LogP contribution in [-0.4, -0.2) is 106 Å². The second kappa shape index (κ2) is 17.5. The van der Waals surface area contributed by atoms with Gasteiger partial charge >= 0.3 is 155 Å². The van der Waals surface area contributed by atoms with Gasteiger partial charge in [-0.2, -0.15) is 0 Å². The quantitative estimate of drug-likeness (QED) is 0.165. The molecule has 9 nitrogen and oxygen atoms in total. The second-order valence-corrected chi connectivity index (χ2v) is 15.0. The van der Waals surface area contributed by atoms with E-state index >= 15 is 0 Å². The van der Waals surface area contributed by atoms with Crippen molar-refractivity contribution in [1.29, 1.82) is 0 Å². The van der Waals surface area contributed by atoms with Gasteiger partial charge in [0.25, 0.3) is 0 Å². The fourth-order valence-corrected chi connectivity index (χ4v) is 6.64. The van der Waals surface area contributed by atoms with Gasteiger partial charge in [0.1, 0.15) is 6.10 Å². The Bertz CT molecular complexity index is 956. The van der Waals surface area contributed by atoms with E-state index in [-0.39, 0.29) is 37.2 Å². The van der Waals surface area contributed by atoms with E-state index < -0.39 is 41.7 Å². The summed E-state index contributed by atoms with van der Waals surface area (Å²) in [7, 11) is 3.88. The number of esters is 1. The van der Waals surface area contributed by atoms with Gasteiger partial charge in [-0.15, -0.1) is 0 Å². The van der Waals surface area contributed by atoms with E-state index in [2.05, 4.69) is 37.8 Å². The van der Waals surface area contributed by atoms with Gasteiger partial charge in [0.2, 0.25) is 0 Å². The number of aliphatic hydroxyl groups excluding tert-OH is 2. The Kier molecular flexibility index (Phi) is 15.7. The van der Waals surface area contributed by atoms with Crippen molar-refractivity contribution in [3.63, 3.8) is 0 Å². The monoisotopic (exact) mass is 662 g/mol. The topological polar surface area (TPSA) is 118 Å². The number of allylic oxidation sites excluding steroid dienone is 1. The van der Waals surface area contributed by atoms with E-state index in [4.69, 9.17) is 18.9 Å². The Morgan fingerprint density at radius 1 is 1.23 bits per heavy atom. The molecule has 0 radical (unpaired) electrons. The maximum absolute atomic E-state index is 13.4. The van der Waals surface area contributed by atoms with Crippen LogP contribution in [0.4, 0.5) is 0 Å². The SMILES string of the molecule is CCC(OC(=O)C(C)CC[C@@H](OC1OC(C)CC(N(C)C)[C@H]1O)[C@]1(C)CCC=C(CO)CO1)[C@@](C)(O)C[C@@H](C)[C](=[V])C(C)C. The summed E-state index contributed by atoms with van der Waals surface area (Å²) >= 11 is 2.64. The van der Waals surface area contributed by atoms with Crippen LogP contribution >= 0.6 is 0 Å². The zero-order valence-corrected chi connectivity index (χ0v) is 30.3. The summed E-state index contributed by atoms with van der Waals surface area (Å²) < 4.78 is 26.3. The Morgan fingerprint density at radius 3 is 2.45 bits per heavy atom. The number of aliphatic hydroxyl groups is 3. The average Bonchev–Trinajstić information content (AvgIpc) is 3.15. The van der Waals surface area contributed by atoms with Crippen molar-refractivity contribution >= 4 is 10.2 Å². The fraction of sp³-hybridized carbons (Fsp3) is 0.882. The minimum atomic E-state index is -1.16. The number of ether oxygens (including phenoxy) is 4. The maximum atomic E-state index is 13.4. The number of likely N-dealkylation sites (N-methyl/N-ethyl adjacent to an activating group) is 1. The summed E-state index contributed by atoms with van der Waals surface area (Å²) in [6, 6.07) is -0.119. The first kappa shape index (κ1) is 39.6. The molecular formula is C34H61NO8V. The molecule has 10 heteroatoms. The van der Waals surface area contributed by atoms with Crippen LogP contribution in [0, 0.1) is 17.8 Å². The fourth-order valence-electron chi connectivity index (χ4n) is 6.50. The molecular weight excluding hydrogens is 601 g/mol. The standard InChI is InChI=1S/C34H61NO8.V/c1-11-28(33(7,39)19-23(4)17-22(2)3)42-31(38)24(5)14-15-29(34(8)16-12-13-26(20-36)21-40-34)43-32-30(37)27(35(9)10)18-25(6)41-32;/h13,22-25,27-30,32,36-37,39H,11-12,14-16,18-21H2,1-10H3;/t23-,24?,25?,27?,28?,29+,30+,32?,33-,34-;/m0./s1. The first-order valence-electron chi connectivity index (χ1n) is 16.5. The van der Waals surface area contributed by atoms with E-state index in [1.807, 2.05) is 52.8 Å². The van der Waals surface area contributed by atoms with Crippen LogP contribution in [0.3, 0.4) is 0 Å². The van der Waals surface area contributed by atoms with Crippen molar-refractivity contribution in [2.45, 2.75) is 148 Å². The summed E-state index contributed by atoms with van der Waals surface area (Å²) in [5.74, 6) is -0.243. The molecule has 2 aliphatic heterocycles. The van der Waals surface area contributed by atoms with Crippen LogP contribution in [-0.2, 0) is 40.7 Å². The zero-order valence-electron chi connectivity index (χ0n) is 28.9. The Hall–Kier alpha value is -0.616. The summed E-state index contributed by atoms with van der Waals surface area (Å²) in [6.45, 7) is 16.1. The number of carbonyl (C=O) groups is 1. The molecule has 0 saturated carbocycles. The van der Waals surface area contributed by atoms with E-state index in [0.29, 0.717) is 50.9 Å². The molecule has 1 fully saturated rings. The number of hydrogen-bond donors (Lipinski definition) is 3. The van der Waals surface area contributed by atoms with Gasteiger partial charge in [-0.3, -0.25) is 0 Å². The van der Waals surface area contributed by atoms with Crippen LogP contribution in [0.1, 0.15) is 100 Å². The van der Waals surface area contributed by atoms with Crippen LogP contribution in [0.5, 0.6) is 0 Å². The van der Waals surface area contributed by atoms with Crippen LogP contribution in [0.25, 0.3) is 0 Å². The van der Waals surface area contributed by atoms with E-state index in [1.54, 1.807) is 6.92 Å². The molecule has 0 aromatic rings. The molecule has 0 amide bonds. The first-order valence-corrected chi connectivity index (χ1v) is 17.2. The molecule has 2 aliphatic rings. The molecule has 10 atom stereocenters. The molecule has 2 rings (SSSR count). The molecule has 0 aromatic carbocycles. The predicted molar refractivity (Wildman–Crippen MR) is 169 cm³/mol. The van der Waals surface area contributed by atoms with Crippen molar-refractivity contribution in [3.05, 3.63) is 11.6 Å². The molecule has 0 aromatic heterocycles. The van der Waals surface area contributed by atoms with Crippen LogP contribution < -0.4 is 0 Å². The van der Waals surface area contributed by atoms with Gasteiger partial charge in [-0.1, -0.05) is 6.08 Å². The second-order valence-electron chi connectivity index (χ2n) is 14.2. The van der Waals surface area contributed by atoms with E-state index in [0.717, 1.165) is 5.57 Å². The third kappa shape index (κ3) is 11.0. The average molecular weight is 663 g/mol. The summed E-state index contributed by atoms with van der Waals surface area (Å²) in [5, 5.41) is 32.3. The van der Waals surface area contributed by atoms with Gasteiger partial charge < -0.3 is 24.6 Å². The molecule has 3 N–H and O–H groups in total. The van der Waals surface area contributed by atoms with Crippen molar-refractivity contribution in [2.75, 3.05) is 27.3 Å². The first-order chi connectivity index (χ1) is 20.4. The van der Waals surface area contributed by atoms with Gasteiger partial charge in [-0.25, -0.2) is 0 Å². The van der Waals surface area contributed by atoms with Gasteiger partial charge in [-0.05, 0) is 52.8 Å². The van der Waals surface area contributed by atoms with Crippen LogP contribution in [0.2, 0.25) is 0 Å². The minimum absolute atomic E-state index is 0.0632. The zero-order chi connectivity index (χ0) is 33.4.